The topological polar surface area (TPSA) is 189 Å². The molecule has 0 aliphatic rings. The van der Waals surface area contributed by atoms with E-state index >= 15 is 0 Å². The fraction of sp³-hybridized carbons (Fsp3) is 0.778. The Morgan fingerprint density at radius 3 is 1.94 bits per heavy atom. The Bertz CT molecular complexity index is 286. The predicted octanol–water partition coefficient (Wildman–Crippen LogP) is -3.92. The zero-order chi connectivity index (χ0) is 14.3. The second-order valence-corrected chi connectivity index (χ2v) is 4.09. The van der Waals surface area contributed by atoms with E-state index in [-0.39, 0.29) is 0 Å². The van der Waals surface area contributed by atoms with Crippen LogP contribution in [0.15, 0.2) is 0 Å². The van der Waals surface area contributed by atoms with Crippen molar-refractivity contribution < 1.29 is 24.9 Å². The Morgan fingerprint density at radius 1 is 1.17 bits per heavy atom. The molecule has 0 aromatic heterocycles. The van der Waals surface area contributed by atoms with Crippen molar-refractivity contribution in [3.05, 3.63) is 0 Å². The SMILES string of the molecule is N=C(N)C(N)C(N)C(=O)OCC(CO)(CO)CO. The number of ether oxygens (including phenoxy) is 1. The highest BCUT2D eigenvalue weighted by Crippen LogP contribution is 2.15. The van der Waals surface area contributed by atoms with Crippen molar-refractivity contribution in [2.24, 2.45) is 22.6 Å². The Kier molecular flexibility index (Phi) is 6.73. The number of amidine groups is 1. The molecule has 2 atom stereocenters. The largest absolute Gasteiger partial charge is 0.464 e. The van der Waals surface area contributed by atoms with Gasteiger partial charge >= 0.3 is 5.97 Å². The van der Waals surface area contributed by atoms with E-state index in [1.165, 1.54) is 0 Å². The van der Waals surface area contributed by atoms with E-state index in [2.05, 4.69) is 0 Å². The first-order chi connectivity index (χ1) is 8.33. The smallest absolute Gasteiger partial charge is 0.325 e. The molecular formula is C9H20N4O5. The van der Waals surface area contributed by atoms with Crippen molar-refractivity contribution in [3.8, 4) is 0 Å². The first-order valence-corrected chi connectivity index (χ1v) is 5.18. The van der Waals surface area contributed by atoms with E-state index in [0.29, 0.717) is 0 Å². The number of rotatable bonds is 8. The summed E-state index contributed by atoms with van der Waals surface area (Å²) in [5, 5.41) is 34.0. The van der Waals surface area contributed by atoms with Crippen LogP contribution in [-0.2, 0) is 9.53 Å². The van der Waals surface area contributed by atoms with E-state index in [4.69, 9.17) is 42.7 Å². The highest BCUT2D eigenvalue weighted by atomic mass is 16.5. The number of hydrogen-bond acceptors (Lipinski definition) is 8. The molecule has 0 saturated heterocycles. The van der Waals surface area contributed by atoms with Gasteiger partial charge in [0.05, 0.1) is 31.3 Å². The molecule has 18 heavy (non-hydrogen) atoms. The van der Waals surface area contributed by atoms with Gasteiger partial charge in [0.25, 0.3) is 0 Å². The van der Waals surface area contributed by atoms with Gasteiger partial charge in [-0.2, -0.15) is 0 Å². The molecule has 10 N–H and O–H groups in total. The van der Waals surface area contributed by atoms with Gasteiger partial charge in [0, 0.05) is 0 Å². The molecule has 106 valence electrons. The zero-order valence-electron chi connectivity index (χ0n) is 9.87. The van der Waals surface area contributed by atoms with Gasteiger partial charge in [0.1, 0.15) is 18.5 Å². The van der Waals surface area contributed by atoms with Crippen LogP contribution in [0.25, 0.3) is 0 Å². The number of hydrogen-bond donors (Lipinski definition) is 7. The summed E-state index contributed by atoms with van der Waals surface area (Å²) in [6.07, 6.45) is 0. The highest BCUT2D eigenvalue weighted by molar-refractivity contribution is 5.90. The lowest BCUT2D eigenvalue weighted by atomic mass is 9.92. The Hall–Kier alpha value is -1.26. The second-order valence-electron chi connectivity index (χ2n) is 4.09. The summed E-state index contributed by atoms with van der Waals surface area (Å²) in [6.45, 7) is -2.13. The van der Waals surface area contributed by atoms with E-state index in [1.54, 1.807) is 0 Å². The summed E-state index contributed by atoms with van der Waals surface area (Å²) >= 11 is 0. The summed E-state index contributed by atoms with van der Waals surface area (Å²) in [5.74, 6) is -1.39. The fourth-order valence-electron chi connectivity index (χ4n) is 0.947. The van der Waals surface area contributed by atoms with Gasteiger partial charge in [0.2, 0.25) is 0 Å². The standard InChI is InChI=1S/C9H20N4O5/c10-5(7(12)13)6(11)8(17)18-4-9(1-14,2-15)3-16/h5-6,14-16H,1-4,10-11H2,(H3,12,13). The van der Waals surface area contributed by atoms with Crippen LogP contribution >= 0.6 is 0 Å². The summed E-state index contributed by atoms with van der Waals surface area (Å²) in [5.41, 5.74) is 14.5. The number of carbonyl (C=O) groups is 1. The number of carbonyl (C=O) groups excluding carboxylic acids is 1. The molecule has 0 radical (unpaired) electrons. The van der Waals surface area contributed by atoms with Gasteiger partial charge in [-0.15, -0.1) is 0 Å². The minimum Gasteiger partial charge on any atom is -0.464 e. The molecule has 9 nitrogen and oxygen atoms in total. The summed E-state index contributed by atoms with van der Waals surface area (Å²) in [7, 11) is 0. The molecule has 0 amide bonds. The molecular weight excluding hydrogens is 244 g/mol. The predicted molar refractivity (Wildman–Crippen MR) is 62.5 cm³/mol. The van der Waals surface area contributed by atoms with Gasteiger partial charge in [-0.25, -0.2) is 0 Å². The molecule has 0 saturated carbocycles. The fourth-order valence-corrected chi connectivity index (χ4v) is 0.947. The third-order valence-electron chi connectivity index (χ3n) is 2.55. The summed E-state index contributed by atoms with van der Waals surface area (Å²) in [4.78, 5) is 11.5. The molecule has 0 bridgehead atoms. The molecule has 0 fully saturated rings. The molecule has 0 rings (SSSR count). The lowest BCUT2D eigenvalue weighted by Crippen LogP contribution is -2.55. The molecule has 0 aliphatic carbocycles. The van der Waals surface area contributed by atoms with Crippen LogP contribution < -0.4 is 17.2 Å². The third-order valence-corrected chi connectivity index (χ3v) is 2.55. The maximum atomic E-state index is 11.5. The van der Waals surface area contributed by atoms with Crippen molar-refractivity contribution in [3.63, 3.8) is 0 Å². The van der Waals surface area contributed by atoms with Crippen molar-refractivity contribution in [1.82, 2.24) is 0 Å². The van der Waals surface area contributed by atoms with Crippen molar-refractivity contribution in [2.75, 3.05) is 26.4 Å². The third kappa shape index (κ3) is 4.20. The average Bonchev–Trinajstić information content (AvgIpc) is 2.38. The van der Waals surface area contributed by atoms with Gasteiger partial charge in [-0.3, -0.25) is 10.2 Å². The Balaban J connectivity index is 4.45. The zero-order valence-corrected chi connectivity index (χ0v) is 9.87. The number of nitrogens with one attached hydrogen (secondary N) is 1. The number of esters is 1. The second kappa shape index (κ2) is 7.24. The lowest BCUT2D eigenvalue weighted by Gasteiger charge is -2.27. The van der Waals surface area contributed by atoms with E-state index < -0.39 is 55.7 Å². The quantitative estimate of drug-likeness (QED) is 0.131. The van der Waals surface area contributed by atoms with Crippen molar-refractivity contribution in [2.45, 2.75) is 12.1 Å². The Labute approximate surface area is 104 Å². The van der Waals surface area contributed by atoms with Crippen LogP contribution in [-0.4, -0.2) is 65.6 Å². The van der Waals surface area contributed by atoms with Crippen LogP contribution in [0.5, 0.6) is 0 Å². The molecule has 2 unspecified atom stereocenters. The van der Waals surface area contributed by atoms with E-state index in [9.17, 15) is 4.79 Å². The lowest BCUT2D eigenvalue weighted by molar-refractivity contribution is -0.153. The number of aliphatic hydroxyl groups excluding tert-OH is 3. The van der Waals surface area contributed by atoms with Gasteiger partial charge in [-0.1, -0.05) is 0 Å². The van der Waals surface area contributed by atoms with E-state index in [1.807, 2.05) is 0 Å². The number of nitrogens with two attached hydrogens (primary N) is 3. The van der Waals surface area contributed by atoms with Crippen LogP contribution in [0.3, 0.4) is 0 Å². The maximum Gasteiger partial charge on any atom is 0.325 e. The summed E-state index contributed by atoms with van der Waals surface area (Å²) < 4.78 is 4.74. The van der Waals surface area contributed by atoms with Gasteiger partial charge in [0.15, 0.2) is 0 Å². The monoisotopic (exact) mass is 264 g/mol. The average molecular weight is 264 g/mol. The molecule has 0 aromatic carbocycles. The van der Waals surface area contributed by atoms with Crippen LogP contribution in [0, 0.1) is 10.8 Å². The van der Waals surface area contributed by atoms with Crippen LogP contribution in [0.2, 0.25) is 0 Å². The normalized spacial score (nSPS) is 14.9. The Morgan fingerprint density at radius 2 is 1.61 bits per heavy atom. The molecule has 9 heteroatoms. The molecule has 0 aromatic rings. The first-order valence-electron chi connectivity index (χ1n) is 5.18. The number of aliphatic hydroxyl groups is 3. The maximum absolute atomic E-state index is 11.5. The van der Waals surface area contributed by atoms with Crippen molar-refractivity contribution in [1.29, 1.82) is 5.41 Å². The minimum atomic E-state index is -1.34. The molecule has 0 spiro atoms. The van der Waals surface area contributed by atoms with Gasteiger partial charge < -0.3 is 37.3 Å². The first kappa shape index (κ1) is 16.7. The van der Waals surface area contributed by atoms with Gasteiger partial charge in [-0.05, 0) is 0 Å². The van der Waals surface area contributed by atoms with Crippen LogP contribution in [0.1, 0.15) is 0 Å². The van der Waals surface area contributed by atoms with Crippen molar-refractivity contribution >= 4 is 11.8 Å². The summed E-state index contributed by atoms with van der Waals surface area (Å²) in [6, 6.07) is -2.50. The van der Waals surface area contributed by atoms with E-state index in [0.717, 1.165) is 0 Å². The van der Waals surface area contributed by atoms with Crippen LogP contribution in [0.4, 0.5) is 0 Å². The molecule has 0 heterocycles. The molecule has 0 aliphatic heterocycles. The minimum absolute atomic E-state index is 0.423. The highest BCUT2D eigenvalue weighted by Gasteiger charge is 2.32.